The van der Waals surface area contributed by atoms with Gasteiger partial charge in [0.2, 0.25) is 0 Å². The quantitative estimate of drug-likeness (QED) is 0.774. The molecule has 0 aliphatic heterocycles. The molecular weight excluding hydrogens is 250 g/mol. The lowest BCUT2D eigenvalue weighted by Gasteiger charge is -2.20. The number of carbonyl (C=O) groups is 1. The maximum atomic E-state index is 10.9. The third kappa shape index (κ3) is 2.69. The van der Waals surface area contributed by atoms with Crippen molar-refractivity contribution >= 4 is 29.2 Å². The Bertz CT molecular complexity index is 453. The standard InChI is InChI=1S/C12H17N3O2S/c1-18-10-4-2-3-8(10)14-11-7(13)5-6-9(15-11)12(16)17/h5-6,8,10H,2-4,13H2,1H3,(H,14,15)(H,16,17). The van der Waals surface area contributed by atoms with Gasteiger partial charge in [0.1, 0.15) is 5.82 Å². The number of aromatic carboxylic acids is 1. The highest BCUT2D eigenvalue weighted by atomic mass is 32.2. The third-order valence-electron chi connectivity index (χ3n) is 3.22. The van der Waals surface area contributed by atoms with Gasteiger partial charge in [0.05, 0.1) is 5.69 Å². The van der Waals surface area contributed by atoms with E-state index in [2.05, 4.69) is 16.6 Å². The smallest absolute Gasteiger partial charge is 0.354 e. The fraction of sp³-hybridized carbons (Fsp3) is 0.500. The minimum atomic E-state index is -1.04. The van der Waals surface area contributed by atoms with Gasteiger partial charge in [0.15, 0.2) is 5.69 Å². The van der Waals surface area contributed by atoms with Crippen LogP contribution in [0.2, 0.25) is 0 Å². The van der Waals surface area contributed by atoms with Crippen LogP contribution in [-0.2, 0) is 0 Å². The third-order valence-corrected chi connectivity index (χ3v) is 4.39. The lowest BCUT2D eigenvalue weighted by atomic mass is 10.2. The van der Waals surface area contributed by atoms with Crippen LogP contribution in [0.5, 0.6) is 0 Å². The molecule has 1 aliphatic carbocycles. The molecule has 18 heavy (non-hydrogen) atoms. The molecule has 1 fully saturated rings. The predicted molar refractivity (Wildman–Crippen MR) is 74.2 cm³/mol. The normalized spacial score (nSPS) is 22.9. The molecule has 5 nitrogen and oxygen atoms in total. The number of anilines is 2. The molecule has 1 heterocycles. The number of rotatable bonds is 4. The Balaban J connectivity index is 2.17. The number of pyridine rings is 1. The number of hydrogen-bond donors (Lipinski definition) is 3. The van der Waals surface area contributed by atoms with Gasteiger partial charge in [0.25, 0.3) is 0 Å². The summed E-state index contributed by atoms with van der Waals surface area (Å²) < 4.78 is 0. The maximum absolute atomic E-state index is 10.9. The average Bonchev–Trinajstić information content (AvgIpc) is 2.79. The summed E-state index contributed by atoms with van der Waals surface area (Å²) in [6.07, 6.45) is 5.53. The van der Waals surface area contributed by atoms with Crippen LogP contribution in [0, 0.1) is 0 Å². The molecule has 0 saturated heterocycles. The Morgan fingerprint density at radius 1 is 1.56 bits per heavy atom. The largest absolute Gasteiger partial charge is 0.477 e. The van der Waals surface area contributed by atoms with Crippen molar-refractivity contribution < 1.29 is 9.90 Å². The van der Waals surface area contributed by atoms with E-state index >= 15 is 0 Å². The van der Waals surface area contributed by atoms with E-state index in [1.54, 1.807) is 6.07 Å². The summed E-state index contributed by atoms with van der Waals surface area (Å²) in [5, 5.41) is 12.8. The molecule has 0 radical (unpaired) electrons. The fourth-order valence-corrected chi connectivity index (χ4v) is 3.19. The van der Waals surface area contributed by atoms with Crippen molar-refractivity contribution in [3.8, 4) is 0 Å². The SMILES string of the molecule is CSC1CCCC1Nc1nc(C(=O)O)ccc1N. The second kappa shape index (κ2) is 5.48. The lowest BCUT2D eigenvalue weighted by Crippen LogP contribution is -2.27. The number of thioether (sulfide) groups is 1. The van der Waals surface area contributed by atoms with Crippen LogP contribution in [0.15, 0.2) is 12.1 Å². The summed E-state index contributed by atoms with van der Waals surface area (Å²) in [7, 11) is 0. The highest BCUT2D eigenvalue weighted by Gasteiger charge is 2.27. The van der Waals surface area contributed by atoms with Crippen LogP contribution >= 0.6 is 11.8 Å². The van der Waals surface area contributed by atoms with E-state index in [-0.39, 0.29) is 5.69 Å². The monoisotopic (exact) mass is 267 g/mol. The first-order valence-corrected chi connectivity index (χ1v) is 7.19. The van der Waals surface area contributed by atoms with Crippen molar-refractivity contribution in [2.75, 3.05) is 17.3 Å². The van der Waals surface area contributed by atoms with Gasteiger partial charge in [0, 0.05) is 11.3 Å². The van der Waals surface area contributed by atoms with Crippen LogP contribution in [-0.4, -0.2) is 33.6 Å². The molecule has 98 valence electrons. The van der Waals surface area contributed by atoms with E-state index in [1.165, 1.54) is 18.9 Å². The molecule has 1 saturated carbocycles. The number of nitrogens with one attached hydrogen (secondary N) is 1. The number of carboxylic acids is 1. The van der Waals surface area contributed by atoms with E-state index in [4.69, 9.17) is 10.8 Å². The number of aromatic nitrogens is 1. The van der Waals surface area contributed by atoms with Gasteiger partial charge in [-0.15, -0.1) is 0 Å². The van der Waals surface area contributed by atoms with Crippen LogP contribution < -0.4 is 11.1 Å². The summed E-state index contributed by atoms with van der Waals surface area (Å²) in [4.78, 5) is 14.9. The van der Waals surface area contributed by atoms with Gasteiger partial charge in [-0.3, -0.25) is 0 Å². The number of carboxylic acid groups (broad SMARTS) is 1. The van der Waals surface area contributed by atoms with Gasteiger partial charge >= 0.3 is 5.97 Å². The van der Waals surface area contributed by atoms with E-state index in [0.717, 1.165) is 6.42 Å². The van der Waals surface area contributed by atoms with Crippen molar-refractivity contribution in [2.45, 2.75) is 30.6 Å². The van der Waals surface area contributed by atoms with Gasteiger partial charge < -0.3 is 16.2 Å². The Hall–Kier alpha value is -1.43. The van der Waals surface area contributed by atoms with Gasteiger partial charge in [-0.25, -0.2) is 9.78 Å². The zero-order valence-electron chi connectivity index (χ0n) is 10.2. The molecule has 0 amide bonds. The van der Waals surface area contributed by atoms with Gasteiger partial charge in [-0.05, 0) is 31.2 Å². The van der Waals surface area contributed by atoms with E-state index in [9.17, 15) is 4.79 Å². The second-order valence-corrected chi connectivity index (χ2v) is 5.47. The summed E-state index contributed by atoms with van der Waals surface area (Å²) in [6.45, 7) is 0. The van der Waals surface area contributed by atoms with E-state index in [1.807, 2.05) is 11.8 Å². The molecule has 1 aromatic heterocycles. The van der Waals surface area contributed by atoms with Crippen molar-refractivity contribution in [2.24, 2.45) is 0 Å². The summed E-state index contributed by atoms with van der Waals surface area (Å²) in [5.41, 5.74) is 6.34. The first-order valence-electron chi connectivity index (χ1n) is 5.91. The van der Waals surface area contributed by atoms with E-state index < -0.39 is 5.97 Å². The molecule has 2 atom stereocenters. The summed E-state index contributed by atoms with van der Waals surface area (Å²) in [6, 6.07) is 3.32. The molecule has 0 spiro atoms. The molecule has 1 aromatic rings. The molecule has 0 bridgehead atoms. The van der Waals surface area contributed by atoms with Crippen molar-refractivity contribution in [1.82, 2.24) is 4.98 Å². The molecule has 1 aliphatic rings. The molecule has 2 rings (SSSR count). The molecule has 4 N–H and O–H groups in total. The van der Waals surface area contributed by atoms with Crippen LogP contribution in [0.3, 0.4) is 0 Å². The maximum Gasteiger partial charge on any atom is 0.354 e. The lowest BCUT2D eigenvalue weighted by molar-refractivity contribution is 0.0690. The van der Waals surface area contributed by atoms with Crippen LogP contribution in [0.1, 0.15) is 29.8 Å². The summed E-state index contributed by atoms with van der Waals surface area (Å²) >= 11 is 1.83. The highest BCUT2D eigenvalue weighted by molar-refractivity contribution is 7.99. The topological polar surface area (TPSA) is 88.2 Å². The fourth-order valence-electron chi connectivity index (χ4n) is 2.25. The first-order chi connectivity index (χ1) is 8.61. The van der Waals surface area contributed by atoms with E-state index in [0.29, 0.717) is 22.8 Å². The Labute approximate surface area is 110 Å². The van der Waals surface area contributed by atoms with Crippen molar-refractivity contribution in [3.05, 3.63) is 17.8 Å². The van der Waals surface area contributed by atoms with Crippen molar-refractivity contribution in [1.29, 1.82) is 0 Å². The Morgan fingerprint density at radius 2 is 2.33 bits per heavy atom. The minimum Gasteiger partial charge on any atom is -0.477 e. The Morgan fingerprint density at radius 3 is 3.00 bits per heavy atom. The van der Waals surface area contributed by atoms with Gasteiger partial charge in [-0.1, -0.05) is 6.42 Å². The summed E-state index contributed by atoms with van der Waals surface area (Å²) in [5.74, 6) is -0.549. The number of nitrogens with zero attached hydrogens (tertiary/aromatic N) is 1. The average molecular weight is 267 g/mol. The Kier molecular flexibility index (Phi) is 3.96. The predicted octanol–water partition coefficient (Wildman–Crippen LogP) is 2.06. The number of hydrogen-bond acceptors (Lipinski definition) is 5. The zero-order chi connectivity index (χ0) is 13.1. The number of nitrogens with two attached hydrogens (primary N) is 1. The highest BCUT2D eigenvalue weighted by Crippen LogP contribution is 2.31. The second-order valence-electron chi connectivity index (χ2n) is 4.40. The van der Waals surface area contributed by atoms with Crippen LogP contribution in [0.25, 0.3) is 0 Å². The van der Waals surface area contributed by atoms with Crippen LogP contribution in [0.4, 0.5) is 11.5 Å². The first kappa shape index (κ1) is 13.0. The molecular formula is C12H17N3O2S. The van der Waals surface area contributed by atoms with Gasteiger partial charge in [-0.2, -0.15) is 11.8 Å². The number of nitrogen functional groups attached to an aromatic ring is 1. The molecule has 6 heteroatoms. The minimum absolute atomic E-state index is 0.0189. The van der Waals surface area contributed by atoms with Crippen molar-refractivity contribution in [3.63, 3.8) is 0 Å². The molecule has 2 unspecified atom stereocenters. The molecule has 0 aromatic carbocycles. The zero-order valence-corrected chi connectivity index (χ0v) is 11.0.